The van der Waals surface area contributed by atoms with Gasteiger partial charge in [0.25, 0.3) is 10.0 Å². The number of hydrogen-bond donors (Lipinski definition) is 1. The Morgan fingerprint density at radius 2 is 2.04 bits per heavy atom. The molecular weight excluding hydrogens is 372 g/mol. The number of thioether (sulfide) groups is 1. The van der Waals surface area contributed by atoms with Crippen molar-refractivity contribution < 1.29 is 17.9 Å². The zero-order chi connectivity index (χ0) is 18.7. The van der Waals surface area contributed by atoms with Gasteiger partial charge >= 0.3 is 0 Å². The summed E-state index contributed by atoms with van der Waals surface area (Å²) < 4.78 is 33.3. The van der Waals surface area contributed by atoms with E-state index in [9.17, 15) is 13.2 Å². The Balaban J connectivity index is 1.96. The zero-order valence-electron chi connectivity index (χ0n) is 14.6. The van der Waals surface area contributed by atoms with Crippen molar-refractivity contribution in [3.05, 3.63) is 42.5 Å². The number of nitrogens with one attached hydrogen (secondary N) is 1. The first-order valence-corrected chi connectivity index (χ1v) is 10.6. The topological polar surface area (TPSA) is 75.7 Å². The van der Waals surface area contributed by atoms with E-state index in [0.29, 0.717) is 23.7 Å². The summed E-state index contributed by atoms with van der Waals surface area (Å²) in [5, 5.41) is 0. The predicted octanol–water partition coefficient (Wildman–Crippen LogP) is 3.34. The average Bonchev–Trinajstić information content (AvgIpc) is 2.83. The molecule has 26 heavy (non-hydrogen) atoms. The van der Waals surface area contributed by atoms with Crippen LogP contribution in [0.5, 0.6) is 5.75 Å². The lowest BCUT2D eigenvalue weighted by molar-refractivity contribution is -0.116. The molecule has 6 nitrogen and oxygen atoms in total. The van der Waals surface area contributed by atoms with Gasteiger partial charge < -0.3 is 9.64 Å². The zero-order valence-corrected chi connectivity index (χ0v) is 16.2. The third-order valence-electron chi connectivity index (χ3n) is 4.02. The lowest BCUT2D eigenvalue weighted by Crippen LogP contribution is -2.29. The highest BCUT2D eigenvalue weighted by Gasteiger charge is 2.23. The van der Waals surface area contributed by atoms with Crippen molar-refractivity contribution in [1.82, 2.24) is 0 Å². The van der Waals surface area contributed by atoms with E-state index in [1.807, 2.05) is 0 Å². The molecule has 1 aliphatic rings. The van der Waals surface area contributed by atoms with E-state index in [0.717, 1.165) is 17.1 Å². The molecule has 0 aliphatic carbocycles. The second kappa shape index (κ2) is 7.59. The van der Waals surface area contributed by atoms with Crippen LogP contribution in [0.1, 0.15) is 13.3 Å². The molecule has 0 saturated heterocycles. The lowest BCUT2D eigenvalue weighted by Gasteiger charge is -2.21. The summed E-state index contributed by atoms with van der Waals surface area (Å²) in [7, 11) is -2.26. The van der Waals surface area contributed by atoms with Gasteiger partial charge in [0, 0.05) is 24.4 Å². The van der Waals surface area contributed by atoms with E-state index in [1.165, 1.54) is 14.0 Å². The second-order valence-corrected chi connectivity index (χ2v) is 8.66. The summed E-state index contributed by atoms with van der Waals surface area (Å²) >= 11 is 1.63. The normalized spacial score (nSPS) is 14.3. The quantitative estimate of drug-likeness (QED) is 0.864. The molecule has 0 saturated carbocycles. The first-order chi connectivity index (χ1) is 12.4. The Labute approximate surface area is 157 Å². The molecule has 0 spiro atoms. The molecule has 0 bridgehead atoms. The summed E-state index contributed by atoms with van der Waals surface area (Å²) in [6.45, 7) is 2.08. The molecule has 1 aliphatic heterocycles. The number of fused-ring (bicyclic) bond motifs is 1. The fourth-order valence-electron chi connectivity index (χ4n) is 2.75. The Bertz CT molecular complexity index is 929. The van der Waals surface area contributed by atoms with E-state index in [4.69, 9.17) is 4.74 Å². The van der Waals surface area contributed by atoms with Crippen molar-refractivity contribution in [3.8, 4) is 5.75 Å². The van der Waals surface area contributed by atoms with Crippen LogP contribution >= 0.6 is 11.8 Å². The number of rotatable bonds is 4. The fourth-order valence-corrected chi connectivity index (χ4v) is 4.79. The third kappa shape index (κ3) is 3.96. The van der Waals surface area contributed by atoms with Gasteiger partial charge in [0.1, 0.15) is 5.75 Å². The number of sulfonamides is 1. The number of hydrogen-bond acceptors (Lipinski definition) is 5. The van der Waals surface area contributed by atoms with Crippen LogP contribution in [-0.2, 0) is 14.8 Å². The fraction of sp³-hybridized carbons (Fsp3) is 0.278. The van der Waals surface area contributed by atoms with Crippen LogP contribution in [0.4, 0.5) is 11.4 Å². The van der Waals surface area contributed by atoms with Crippen LogP contribution in [0.2, 0.25) is 0 Å². The van der Waals surface area contributed by atoms with Gasteiger partial charge in [-0.1, -0.05) is 6.07 Å². The summed E-state index contributed by atoms with van der Waals surface area (Å²) in [5.41, 5.74) is 1.06. The second-order valence-electron chi connectivity index (χ2n) is 5.84. The van der Waals surface area contributed by atoms with Crippen LogP contribution in [-0.4, -0.2) is 33.7 Å². The molecule has 0 radical (unpaired) electrons. The van der Waals surface area contributed by atoms with Gasteiger partial charge in [-0.05, 0) is 42.5 Å². The molecule has 1 N–H and O–H groups in total. The van der Waals surface area contributed by atoms with E-state index in [2.05, 4.69) is 4.72 Å². The third-order valence-corrected chi connectivity index (χ3v) is 6.55. The van der Waals surface area contributed by atoms with Gasteiger partial charge in [-0.3, -0.25) is 9.52 Å². The number of carbonyl (C=O) groups excluding carboxylic acids is 1. The minimum Gasteiger partial charge on any atom is -0.497 e. The van der Waals surface area contributed by atoms with Gasteiger partial charge in [-0.25, -0.2) is 8.42 Å². The summed E-state index contributed by atoms with van der Waals surface area (Å²) in [4.78, 5) is 14.6. The number of methoxy groups -OCH3 is 1. The van der Waals surface area contributed by atoms with Gasteiger partial charge in [-0.2, -0.15) is 0 Å². The summed E-state index contributed by atoms with van der Waals surface area (Å²) in [5.74, 6) is 1.36. The summed E-state index contributed by atoms with van der Waals surface area (Å²) in [6.07, 6.45) is 0.864. The molecule has 138 valence electrons. The van der Waals surface area contributed by atoms with Crippen molar-refractivity contribution in [2.75, 3.05) is 29.0 Å². The first-order valence-electron chi connectivity index (χ1n) is 8.12. The van der Waals surface area contributed by atoms with Crippen LogP contribution < -0.4 is 14.4 Å². The Morgan fingerprint density at radius 1 is 1.23 bits per heavy atom. The van der Waals surface area contributed by atoms with Gasteiger partial charge in [-0.15, -0.1) is 11.8 Å². The molecule has 0 unspecified atom stereocenters. The van der Waals surface area contributed by atoms with Crippen LogP contribution in [0, 0.1) is 0 Å². The standard InChI is InChI=1S/C18H20N2O4S2/c1-13(21)20-9-4-10-25-18-8-7-16(12-17(18)20)26(22,23)19-14-5-3-6-15(11-14)24-2/h3,5-8,11-12,19H,4,9-10H2,1-2H3. The number of nitrogens with zero attached hydrogens (tertiary/aromatic N) is 1. The highest BCUT2D eigenvalue weighted by Crippen LogP contribution is 2.36. The Hall–Kier alpha value is -2.19. The monoisotopic (exact) mass is 392 g/mol. The molecule has 8 heteroatoms. The lowest BCUT2D eigenvalue weighted by atomic mass is 10.2. The van der Waals surface area contributed by atoms with Crippen LogP contribution in [0.3, 0.4) is 0 Å². The van der Waals surface area contributed by atoms with Crippen LogP contribution in [0.15, 0.2) is 52.3 Å². The molecule has 1 heterocycles. The Kier molecular flexibility index (Phi) is 5.43. The first kappa shape index (κ1) is 18.6. The van der Waals surface area contributed by atoms with Gasteiger partial charge in [0.2, 0.25) is 5.91 Å². The number of ether oxygens (including phenoxy) is 1. The molecular formula is C18H20N2O4S2. The van der Waals surface area contributed by atoms with Crippen molar-refractivity contribution in [2.24, 2.45) is 0 Å². The van der Waals surface area contributed by atoms with Gasteiger partial charge in [0.05, 0.1) is 23.4 Å². The van der Waals surface area contributed by atoms with Crippen molar-refractivity contribution in [1.29, 1.82) is 0 Å². The maximum atomic E-state index is 12.8. The molecule has 1 amide bonds. The average molecular weight is 393 g/mol. The smallest absolute Gasteiger partial charge is 0.261 e. The van der Waals surface area contributed by atoms with Crippen molar-refractivity contribution in [2.45, 2.75) is 23.1 Å². The molecule has 2 aromatic carbocycles. The largest absolute Gasteiger partial charge is 0.497 e. The molecule has 0 aromatic heterocycles. The number of benzene rings is 2. The van der Waals surface area contributed by atoms with E-state index in [-0.39, 0.29) is 10.8 Å². The Morgan fingerprint density at radius 3 is 2.77 bits per heavy atom. The van der Waals surface area contributed by atoms with Crippen molar-refractivity contribution >= 4 is 39.1 Å². The summed E-state index contributed by atoms with van der Waals surface area (Å²) in [6, 6.07) is 11.6. The molecule has 3 rings (SSSR count). The SMILES string of the molecule is COc1cccc(NS(=O)(=O)c2ccc3c(c2)N(C(C)=O)CCCS3)c1. The molecule has 0 fully saturated rings. The van der Waals surface area contributed by atoms with Crippen LogP contribution in [0.25, 0.3) is 0 Å². The number of anilines is 2. The van der Waals surface area contributed by atoms with Gasteiger partial charge in [0.15, 0.2) is 0 Å². The highest BCUT2D eigenvalue weighted by molar-refractivity contribution is 7.99. The highest BCUT2D eigenvalue weighted by atomic mass is 32.2. The predicted molar refractivity (Wildman–Crippen MR) is 104 cm³/mol. The minimum atomic E-state index is -3.79. The molecule has 2 aromatic rings. The van der Waals surface area contributed by atoms with Crippen molar-refractivity contribution in [3.63, 3.8) is 0 Å². The number of carbonyl (C=O) groups is 1. The van der Waals surface area contributed by atoms with E-state index < -0.39 is 10.0 Å². The minimum absolute atomic E-state index is 0.0935. The molecule has 0 atom stereocenters. The maximum Gasteiger partial charge on any atom is 0.261 e. The van der Waals surface area contributed by atoms with E-state index in [1.54, 1.807) is 59.1 Å². The maximum absolute atomic E-state index is 12.8. The van der Waals surface area contributed by atoms with E-state index >= 15 is 0 Å². The number of amides is 1.